The molecule has 30 heavy (non-hydrogen) atoms. The quantitative estimate of drug-likeness (QED) is 0.697. The predicted molar refractivity (Wildman–Crippen MR) is 113 cm³/mol. The van der Waals surface area contributed by atoms with Crippen LogP contribution in [0.2, 0.25) is 5.02 Å². The first-order valence-corrected chi connectivity index (χ1v) is 12.1. The maximum atomic E-state index is 13.2. The fourth-order valence-corrected chi connectivity index (χ4v) is 6.27. The van der Waals surface area contributed by atoms with Crippen molar-refractivity contribution in [3.8, 4) is 0 Å². The van der Waals surface area contributed by atoms with Crippen LogP contribution in [0.25, 0.3) is 0 Å². The van der Waals surface area contributed by atoms with Gasteiger partial charge in [-0.2, -0.15) is 4.31 Å². The summed E-state index contributed by atoms with van der Waals surface area (Å²) in [6, 6.07) is 4.96. The van der Waals surface area contributed by atoms with Crippen LogP contribution in [0.1, 0.15) is 41.7 Å². The Morgan fingerprint density at radius 1 is 1.20 bits per heavy atom. The number of aromatic nitrogens is 3. The van der Waals surface area contributed by atoms with Crippen LogP contribution in [-0.2, 0) is 16.6 Å². The van der Waals surface area contributed by atoms with Gasteiger partial charge >= 0.3 is 0 Å². The van der Waals surface area contributed by atoms with Crippen LogP contribution in [0.15, 0.2) is 29.3 Å². The smallest absolute Gasteiger partial charge is 0.276 e. The normalized spacial score (nSPS) is 20.6. The van der Waals surface area contributed by atoms with Crippen molar-refractivity contribution in [2.75, 3.05) is 26.2 Å². The molecule has 2 aromatic rings. The molecular weight excluding hydrogens is 426 g/mol. The topological polar surface area (TPSA) is 88.4 Å². The van der Waals surface area contributed by atoms with Crippen LogP contribution in [-0.4, -0.2) is 64.7 Å². The molecule has 0 radical (unpaired) electrons. The van der Waals surface area contributed by atoms with E-state index in [0.717, 1.165) is 38.8 Å². The highest BCUT2D eigenvalue weighted by Gasteiger charge is 2.32. The summed E-state index contributed by atoms with van der Waals surface area (Å²) in [5, 5.41) is 8.59. The molecule has 8 nitrogen and oxygen atoms in total. The van der Waals surface area contributed by atoms with Crippen molar-refractivity contribution in [2.45, 2.75) is 44.0 Å². The number of amides is 1. The zero-order valence-corrected chi connectivity index (χ0v) is 18.6. The first-order valence-electron chi connectivity index (χ1n) is 10.3. The third kappa shape index (κ3) is 4.24. The van der Waals surface area contributed by atoms with Gasteiger partial charge in [-0.15, -0.1) is 5.10 Å². The van der Waals surface area contributed by atoms with Gasteiger partial charge < -0.3 is 4.90 Å². The molecule has 0 spiro atoms. The third-order valence-electron chi connectivity index (χ3n) is 5.91. The summed E-state index contributed by atoms with van der Waals surface area (Å²) < 4.78 is 29.6. The van der Waals surface area contributed by atoms with Gasteiger partial charge in [-0.25, -0.2) is 8.42 Å². The number of carbonyl (C=O) groups excluding carboxylic acids is 1. The lowest BCUT2D eigenvalue weighted by Gasteiger charge is -2.32. The van der Waals surface area contributed by atoms with Crippen molar-refractivity contribution in [2.24, 2.45) is 5.92 Å². The summed E-state index contributed by atoms with van der Waals surface area (Å²) in [6.07, 6.45) is 5.40. The maximum absolute atomic E-state index is 13.2. The molecule has 4 rings (SSSR count). The predicted octanol–water partition coefficient (Wildman–Crippen LogP) is 2.58. The average molecular weight is 452 g/mol. The molecule has 2 fully saturated rings. The summed E-state index contributed by atoms with van der Waals surface area (Å²) in [5.74, 6) is 0.0208. The molecule has 162 valence electrons. The first-order chi connectivity index (χ1) is 14.4. The van der Waals surface area contributed by atoms with Crippen molar-refractivity contribution >= 4 is 27.5 Å². The second-order valence-corrected chi connectivity index (χ2v) is 10.4. The van der Waals surface area contributed by atoms with Gasteiger partial charge in [-0.3, -0.25) is 9.48 Å². The van der Waals surface area contributed by atoms with E-state index >= 15 is 0 Å². The van der Waals surface area contributed by atoms with E-state index in [1.54, 1.807) is 40.9 Å². The van der Waals surface area contributed by atoms with Crippen LogP contribution in [0, 0.1) is 12.8 Å². The molecule has 0 saturated carbocycles. The Hall–Kier alpha value is -1.97. The number of hydrogen-bond acceptors (Lipinski definition) is 5. The number of halogens is 1. The van der Waals surface area contributed by atoms with E-state index in [0.29, 0.717) is 35.9 Å². The summed E-state index contributed by atoms with van der Waals surface area (Å²) >= 11 is 6.14. The van der Waals surface area contributed by atoms with Gasteiger partial charge in [0.25, 0.3) is 5.91 Å². The van der Waals surface area contributed by atoms with Crippen molar-refractivity contribution in [3.05, 3.63) is 40.7 Å². The Kier molecular flexibility index (Phi) is 6.13. The van der Waals surface area contributed by atoms with E-state index in [4.69, 9.17) is 11.6 Å². The lowest BCUT2D eigenvalue weighted by atomic mass is 10.00. The molecule has 2 aliphatic rings. The molecular formula is C20H26ClN5O3S. The zero-order valence-electron chi connectivity index (χ0n) is 17.0. The van der Waals surface area contributed by atoms with Gasteiger partial charge in [-0.1, -0.05) is 22.9 Å². The van der Waals surface area contributed by atoms with Crippen LogP contribution in [0.5, 0.6) is 0 Å². The van der Waals surface area contributed by atoms with Crippen molar-refractivity contribution in [1.29, 1.82) is 0 Å². The molecule has 0 N–H and O–H groups in total. The lowest BCUT2D eigenvalue weighted by molar-refractivity contribution is 0.0787. The molecule has 10 heteroatoms. The van der Waals surface area contributed by atoms with Gasteiger partial charge in [0, 0.05) is 37.7 Å². The maximum Gasteiger partial charge on any atom is 0.276 e. The van der Waals surface area contributed by atoms with Crippen molar-refractivity contribution in [3.63, 3.8) is 0 Å². The minimum absolute atomic E-state index is 0.0805. The van der Waals surface area contributed by atoms with Crippen LogP contribution in [0.3, 0.4) is 0 Å². The second-order valence-electron chi connectivity index (χ2n) is 8.06. The van der Waals surface area contributed by atoms with E-state index in [1.165, 1.54) is 4.31 Å². The van der Waals surface area contributed by atoms with Crippen LogP contribution < -0.4 is 0 Å². The molecule has 2 saturated heterocycles. The Morgan fingerprint density at radius 2 is 1.97 bits per heavy atom. The molecule has 0 bridgehead atoms. The standard InChI is InChI=1S/C20H26ClN5O3S/c1-15-17(21)7-4-8-19(15)30(28,29)26-11-5-6-16(13-26)12-25-14-18(22-23-25)20(27)24-9-2-3-10-24/h4,7-8,14,16H,2-3,5-6,9-13H2,1H3. The van der Waals surface area contributed by atoms with Gasteiger partial charge in [0.15, 0.2) is 5.69 Å². The molecule has 2 aliphatic heterocycles. The van der Waals surface area contributed by atoms with E-state index in [9.17, 15) is 13.2 Å². The number of carbonyl (C=O) groups is 1. The summed E-state index contributed by atoms with van der Waals surface area (Å²) in [4.78, 5) is 14.5. The van der Waals surface area contributed by atoms with Crippen LogP contribution >= 0.6 is 11.6 Å². The first kappa shape index (κ1) is 21.3. The number of sulfonamides is 1. The van der Waals surface area contributed by atoms with Crippen molar-refractivity contribution < 1.29 is 13.2 Å². The Labute approximate surface area is 181 Å². The number of piperidine rings is 1. The fourth-order valence-electron chi connectivity index (χ4n) is 4.23. The molecule has 1 aromatic carbocycles. The molecule has 3 heterocycles. The Balaban J connectivity index is 1.44. The number of likely N-dealkylation sites (tertiary alicyclic amines) is 1. The highest BCUT2D eigenvalue weighted by Crippen LogP contribution is 2.29. The van der Waals surface area contributed by atoms with E-state index in [-0.39, 0.29) is 16.7 Å². The van der Waals surface area contributed by atoms with E-state index in [1.807, 2.05) is 0 Å². The summed E-state index contributed by atoms with van der Waals surface area (Å²) in [5.41, 5.74) is 0.925. The monoisotopic (exact) mass is 451 g/mol. The number of hydrogen-bond donors (Lipinski definition) is 0. The summed E-state index contributed by atoms with van der Waals surface area (Å²) in [7, 11) is -3.62. The van der Waals surface area contributed by atoms with Gasteiger partial charge in [0.05, 0.1) is 11.1 Å². The van der Waals surface area contributed by atoms with E-state index < -0.39 is 10.0 Å². The summed E-state index contributed by atoms with van der Waals surface area (Å²) in [6.45, 7) is 4.68. The van der Waals surface area contributed by atoms with Crippen LogP contribution in [0.4, 0.5) is 0 Å². The van der Waals surface area contributed by atoms with Gasteiger partial charge in [-0.05, 0) is 56.2 Å². The highest BCUT2D eigenvalue weighted by atomic mass is 35.5. The van der Waals surface area contributed by atoms with Gasteiger partial charge in [0.2, 0.25) is 10.0 Å². The van der Waals surface area contributed by atoms with Crippen molar-refractivity contribution in [1.82, 2.24) is 24.2 Å². The van der Waals surface area contributed by atoms with Gasteiger partial charge in [0.1, 0.15) is 0 Å². The third-order valence-corrected chi connectivity index (χ3v) is 8.33. The Bertz CT molecular complexity index is 1030. The zero-order chi connectivity index (χ0) is 21.3. The second kappa shape index (κ2) is 8.64. The SMILES string of the molecule is Cc1c(Cl)cccc1S(=O)(=O)N1CCCC(Cn2cc(C(=O)N3CCCC3)nn2)C1. The highest BCUT2D eigenvalue weighted by molar-refractivity contribution is 7.89. The lowest BCUT2D eigenvalue weighted by Crippen LogP contribution is -2.41. The fraction of sp³-hybridized carbons (Fsp3) is 0.550. The molecule has 1 unspecified atom stereocenters. The molecule has 1 atom stereocenters. The minimum atomic E-state index is -3.62. The Morgan fingerprint density at radius 3 is 2.73 bits per heavy atom. The minimum Gasteiger partial charge on any atom is -0.337 e. The average Bonchev–Trinajstić information content (AvgIpc) is 3.42. The molecule has 0 aliphatic carbocycles. The molecule has 1 amide bonds. The van der Waals surface area contributed by atoms with E-state index in [2.05, 4.69) is 10.3 Å². The molecule has 1 aromatic heterocycles. The number of nitrogens with zero attached hydrogens (tertiary/aromatic N) is 5. The largest absolute Gasteiger partial charge is 0.337 e. The number of rotatable bonds is 5. The number of benzene rings is 1.